The lowest BCUT2D eigenvalue weighted by Gasteiger charge is -2.40. The Hall–Kier alpha value is -1.63. The fraction of sp³-hybridized carbons (Fsp3) is 0.533. The number of anilines is 1. The molecule has 1 aromatic rings. The summed E-state index contributed by atoms with van der Waals surface area (Å²) >= 11 is 0. The average molecular weight is 293 g/mol. The van der Waals surface area contributed by atoms with Gasteiger partial charge in [-0.2, -0.15) is 0 Å². The molecule has 1 heterocycles. The van der Waals surface area contributed by atoms with Gasteiger partial charge in [-0.05, 0) is 37.9 Å². The summed E-state index contributed by atoms with van der Waals surface area (Å²) in [5.41, 5.74) is 1.60. The fourth-order valence-corrected chi connectivity index (χ4v) is 2.75. The van der Waals surface area contributed by atoms with Crippen molar-refractivity contribution in [3.05, 3.63) is 29.3 Å². The second-order valence-electron chi connectivity index (χ2n) is 5.44. The Labute approximate surface area is 125 Å². The van der Waals surface area contributed by atoms with Crippen LogP contribution in [-0.2, 0) is 6.61 Å². The molecule has 0 bridgehead atoms. The third kappa shape index (κ3) is 3.53. The highest BCUT2D eigenvalue weighted by Crippen LogP contribution is 2.22. The van der Waals surface area contributed by atoms with Gasteiger partial charge >= 0.3 is 5.97 Å². The highest BCUT2D eigenvalue weighted by Gasteiger charge is 2.24. The Bertz CT molecular complexity index is 507. The number of benzene rings is 1. The van der Waals surface area contributed by atoms with Crippen LogP contribution in [0.4, 0.5) is 5.69 Å². The molecule has 6 heteroatoms. The first-order chi connectivity index (χ1) is 10.1. The maximum atomic E-state index is 11.1. The molecule has 1 atom stereocenters. The zero-order chi connectivity index (χ0) is 15.4. The van der Waals surface area contributed by atoms with Crippen molar-refractivity contribution < 1.29 is 15.0 Å². The van der Waals surface area contributed by atoms with Gasteiger partial charge in [0.05, 0.1) is 12.2 Å². The molecular weight excluding hydrogens is 270 g/mol. The van der Waals surface area contributed by atoms with E-state index in [0.29, 0.717) is 11.6 Å². The van der Waals surface area contributed by atoms with Crippen molar-refractivity contribution in [3.8, 4) is 0 Å². The van der Waals surface area contributed by atoms with Crippen LogP contribution in [0.1, 0.15) is 15.9 Å². The number of nitrogens with one attached hydrogen (secondary N) is 1. The Kier molecular flexibility index (Phi) is 5.17. The van der Waals surface area contributed by atoms with E-state index in [1.165, 1.54) is 0 Å². The van der Waals surface area contributed by atoms with Crippen LogP contribution in [0.15, 0.2) is 18.2 Å². The van der Waals surface area contributed by atoms with Crippen LogP contribution in [0.25, 0.3) is 0 Å². The number of aliphatic hydroxyl groups is 1. The summed E-state index contributed by atoms with van der Waals surface area (Å²) in [6, 6.07) is 5.60. The van der Waals surface area contributed by atoms with Gasteiger partial charge in [0.15, 0.2) is 0 Å². The van der Waals surface area contributed by atoms with Gasteiger partial charge in [0.25, 0.3) is 0 Å². The zero-order valence-corrected chi connectivity index (χ0v) is 12.5. The lowest BCUT2D eigenvalue weighted by atomic mass is 10.1. The summed E-state index contributed by atoms with van der Waals surface area (Å²) in [6.45, 7) is 3.39. The molecule has 1 fully saturated rings. The predicted octanol–water partition coefficient (Wildman–Crippen LogP) is 0.217. The number of aromatic carboxylic acids is 1. The standard InChI is InChI=1S/C15H23N3O3/c1-16-8-13-9-18(6-5-17(13)2)12-3-4-14(15(20)21)11(7-12)10-19/h3-4,7,13,16,19H,5-6,8-10H2,1-2H3,(H,20,21). The van der Waals surface area contributed by atoms with E-state index in [2.05, 4.69) is 22.2 Å². The molecule has 0 aromatic heterocycles. The van der Waals surface area contributed by atoms with Crippen LogP contribution < -0.4 is 10.2 Å². The molecule has 0 saturated carbocycles. The van der Waals surface area contributed by atoms with Crippen molar-refractivity contribution in [3.63, 3.8) is 0 Å². The molecule has 1 aliphatic rings. The minimum Gasteiger partial charge on any atom is -0.478 e. The van der Waals surface area contributed by atoms with Crippen LogP contribution in [0, 0.1) is 0 Å². The number of carboxylic acid groups (broad SMARTS) is 1. The van der Waals surface area contributed by atoms with Crippen molar-refractivity contribution >= 4 is 11.7 Å². The second-order valence-corrected chi connectivity index (χ2v) is 5.44. The largest absolute Gasteiger partial charge is 0.478 e. The predicted molar refractivity (Wildman–Crippen MR) is 81.9 cm³/mol. The molecule has 6 nitrogen and oxygen atoms in total. The number of nitrogens with zero attached hydrogens (tertiary/aromatic N) is 2. The van der Waals surface area contributed by atoms with Crippen molar-refractivity contribution in [1.82, 2.24) is 10.2 Å². The number of rotatable bonds is 5. The van der Waals surface area contributed by atoms with E-state index in [0.717, 1.165) is 31.9 Å². The molecule has 116 valence electrons. The molecule has 21 heavy (non-hydrogen) atoms. The SMILES string of the molecule is CNCC1CN(c2ccc(C(=O)O)c(CO)c2)CCN1C. The van der Waals surface area contributed by atoms with Gasteiger partial charge in [0.2, 0.25) is 0 Å². The van der Waals surface area contributed by atoms with E-state index < -0.39 is 5.97 Å². The Balaban J connectivity index is 2.20. The first-order valence-electron chi connectivity index (χ1n) is 7.13. The van der Waals surface area contributed by atoms with E-state index in [1.807, 2.05) is 13.1 Å². The summed E-state index contributed by atoms with van der Waals surface area (Å²) in [4.78, 5) is 15.7. The van der Waals surface area contributed by atoms with E-state index in [-0.39, 0.29) is 12.2 Å². The minimum atomic E-state index is -1.00. The van der Waals surface area contributed by atoms with Gasteiger partial charge in [-0.25, -0.2) is 4.79 Å². The normalized spacial score (nSPS) is 19.8. The summed E-state index contributed by atoms with van der Waals surface area (Å²) in [7, 11) is 4.06. The average Bonchev–Trinajstić information content (AvgIpc) is 2.49. The Morgan fingerprint density at radius 1 is 1.43 bits per heavy atom. The van der Waals surface area contributed by atoms with Gasteiger partial charge in [-0.15, -0.1) is 0 Å². The van der Waals surface area contributed by atoms with Crippen LogP contribution >= 0.6 is 0 Å². The molecule has 1 aliphatic heterocycles. The number of piperazine rings is 1. The monoisotopic (exact) mass is 293 g/mol. The molecule has 1 unspecified atom stereocenters. The highest BCUT2D eigenvalue weighted by molar-refractivity contribution is 5.90. The van der Waals surface area contributed by atoms with Crippen LogP contribution in [0.5, 0.6) is 0 Å². The van der Waals surface area contributed by atoms with Crippen LogP contribution in [0.3, 0.4) is 0 Å². The Morgan fingerprint density at radius 2 is 2.19 bits per heavy atom. The maximum Gasteiger partial charge on any atom is 0.336 e. The Morgan fingerprint density at radius 3 is 2.81 bits per heavy atom. The van der Waals surface area contributed by atoms with Crippen molar-refractivity contribution in [2.75, 3.05) is 45.2 Å². The molecule has 0 spiro atoms. The first kappa shape index (κ1) is 15.8. The van der Waals surface area contributed by atoms with Gasteiger partial charge in [0, 0.05) is 37.9 Å². The third-order valence-corrected chi connectivity index (χ3v) is 4.07. The maximum absolute atomic E-state index is 11.1. The number of carboxylic acids is 1. The van der Waals surface area contributed by atoms with Crippen LogP contribution in [0.2, 0.25) is 0 Å². The first-order valence-corrected chi connectivity index (χ1v) is 7.13. The van der Waals surface area contributed by atoms with Crippen molar-refractivity contribution in [1.29, 1.82) is 0 Å². The number of likely N-dealkylation sites (N-methyl/N-ethyl adjacent to an activating group) is 2. The lowest BCUT2D eigenvalue weighted by molar-refractivity contribution is 0.0693. The van der Waals surface area contributed by atoms with Crippen LogP contribution in [-0.4, -0.2) is 67.4 Å². The van der Waals surface area contributed by atoms with E-state index >= 15 is 0 Å². The zero-order valence-electron chi connectivity index (χ0n) is 12.5. The van der Waals surface area contributed by atoms with Gasteiger partial charge in [0.1, 0.15) is 0 Å². The number of aliphatic hydroxyl groups excluding tert-OH is 1. The van der Waals surface area contributed by atoms with Gasteiger partial charge < -0.3 is 20.4 Å². The molecule has 0 radical (unpaired) electrons. The molecule has 3 N–H and O–H groups in total. The highest BCUT2D eigenvalue weighted by atomic mass is 16.4. The van der Waals surface area contributed by atoms with Crippen molar-refractivity contribution in [2.45, 2.75) is 12.6 Å². The third-order valence-electron chi connectivity index (χ3n) is 4.07. The smallest absolute Gasteiger partial charge is 0.336 e. The van der Waals surface area contributed by atoms with Gasteiger partial charge in [-0.1, -0.05) is 0 Å². The fourth-order valence-electron chi connectivity index (χ4n) is 2.75. The molecule has 1 aromatic carbocycles. The number of hydrogen-bond donors (Lipinski definition) is 3. The second kappa shape index (κ2) is 6.89. The summed E-state index contributed by atoms with van der Waals surface area (Å²) in [5, 5.41) is 21.7. The molecule has 1 saturated heterocycles. The number of carbonyl (C=O) groups is 1. The molecule has 0 amide bonds. The lowest BCUT2D eigenvalue weighted by Crippen LogP contribution is -2.54. The van der Waals surface area contributed by atoms with E-state index in [1.54, 1.807) is 12.1 Å². The number of hydrogen-bond acceptors (Lipinski definition) is 5. The quantitative estimate of drug-likeness (QED) is 0.721. The van der Waals surface area contributed by atoms with Crippen molar-refractivity contribution in [2.24, 2.45) is 0 Å². The summed E-state index contributed by atoms with van der Waals surface area (Å²) < 4.78 is 0. The van der Waals surface area contributed by atoms with E-state index in [9.17, 15) is 9.90 Å². The molecular formula is C15H23N3O3. The topological polar surface area (TPSA) is 76.0 Å². The summed E-state index contributed by atoms with van der Waals surface area (Å²) in [5.74, 6) is -1.00. The van der Waals surface area contributed by atoms with E-state index in [4.69, 9.17) is 5.11 Å². The van der Waals surface area contributed by atoms with Gasteiger partial charge in [-0.3, -0.25) is 4.90 Å². The summed E-state index contributed by atoms with van der Waals surface area (Å²) in [6.07, 6.45) is 0. The molecule has 0 aliphatic carbocycles. The molecule has 2 rings (SSSR count). The minimum absolute atomic E-state index is 0.169.